The van der Waals surface area contributed by atoms with E-state index in [0.29, 0.717) is 18.2 Å². The van der Waals surface area contributed by atoms with E-state index >= 15 is 0 Å². The second-order valence-electron chi connectivity index (χ2n) is 5.92. The lowest BCUT2D eigenvalue weighted by Crippen LogP contribution is -2.34. The molecule has 1 N–H and O–H groups in total. The van der Waals surface area contributed by atoms with Crippen molar-refractivity contribution in [3.05, 3.63) is 36.4 Å². The highest BCUT2D eigenvalue weighted by Crippen LogP contribution is 2.29. The molecular weight excluding hydrogens is 304 g/mol. The van der Waals surface area contributed by atoms with Gasteiger partial charge in [-0.15, -0.1) is 10.2 Å². The van der Waals surface area contributed by atoms with E-state index in [9.17, 15) is 4.79 Å². The van der Waals surface area contributed by atoms with Crippen LogP contribution in [0.5, 0.6) is 0 Å². The van der Waals surface area contributed by atoms with Gasteiger partial charge in [-0.05, 0) is 19.4 Å². The van der Waals surface area contributed by atoms with Gasteiger partial charge in [-0.1, -0.05) is 32.0 Å². The average molecular weight is 326 g/mol. The monoisotopic (exact) mass is 326 g/mol. The summed E-state index contributed by atoms with van der Waals surface area (Å²) in [7, 11) is 0. The number of nitrogens with zero attached hydrogens (tertiary/aromatic N) is 3. The summed E-state index contributed by atoms with van der Waals surface area (Å²) >= 11 is 0. The number of nitrogens with one attached hydrogen (secondary N) is 1. The SMILES string of the molecule is CCc1nnc(-c2cn(CC(=O)N[C@H](C)CC)c3ccccc23)o1. The summed E-state index contributed by atoms with van der Waals surface area (Å²) in [6.45, 7) is 6.29. The molecule has 6 heteroatoms. The number of benzene rings is 1. The van der Waals surface area contributed by atoms with E-state index in [1.165, 1.54) is 0 Å². The quantitative estimate of drug-likeness (QED) is 0.755. The number of rotatable bonds is 6. The van der Waals surface area contributed by atoms with Crippen LogP contribution in [0, 0.1) is 0 Å². The van der Waals surface area contributed by atoms with Crippen molar-refractivity contribution in [1.82, 2.24) is 20.1 Å². The van der Waals surface area contributed by atoms with Gasteiger partial charge in [0, 0.05) is 29.6 Å². The maximum absolute atomic E-state index is 12.2. The highest BCUT2D eigenvalue weighted by atomic mass is 16.4. The molecule has 0 unspecified atom stereocenters. The molecule has 0 fully saturated rings. The first kappa shape index (κ1) is 16.2. The normalized spacial score (nSPS) is 12.5. The molecule has 24 heavy (non-hydrogen) atoms. The van der Waals surface area contributed by atoms with Gasteiger partial charge in [-0.3, -0.25) is 4.79 Å². The van der Waals surface area contributed by atoms with Crippen LogP contribution in [0.1, 0.15) is 33.1 Å². The Morgan fingerprint density at radius 3 is 2.79 bits per heavy atom. The number of para-hydroxylation sites is 1. The first-order chi connectivity index (χ1) is 11.6. The summed E-state index contributed by atoms with van der Waals surface area (Å²) in [5, 5.41) is 12.2. The Bertz CT molecular complexity index is 850. The maximum Gasteiger partial charge on any atom is 0.249 e. The average Bonchev–Trinajstić information content (AvgIpc) is 3.19. The van der Waals surface area contributed by atoms with Crippen LogP contribution in [-0.2, 0) is 17.8 Å². The Morgan fingerprint density at radius 1 is 1.29 bits per heavy atom. The van der Waals surface area contributed by atoms with Gasteiger partial charge in [0.1, 0.15) is 6.54 Å². The molecule has 0 saturated carbocycles. The maximum atomic E-state index is 12.2. The summed E-state index contributed by atoms with van der Waals surface area (Å²) in [6.07, 6.45) is 3.52. The smallest absolute Gasteiger partial charge is 0.249 e. The summed E-state index contributed by atoms with van der Waals surface area (Å²) in [5.74, 6) is 1.09. The molecule has 0 bridgehead atoms. The fourth-order valence-electron chi connectivity index (χ4n) is 2.63. The third-order valence-electron chi connectivity index (χ3n) is 4.12. The Morgan fingerprint density at radius 2 is 2.08 bits per heavy atom. The van der Waals surface area contributed by atoms with Gasteiger partial charge in [0.05, 0.1) is 5.56 Å². The van der Waals surface area contributed by atoms with Crippen molar-refractivity contribution in [2.45, 2.75) is 46.2 Å². The van der Waals surface area contributed by atoms with Crippen LogP contribution in [0.15, 0.2) is 34.9 Å². The number of fused-ring (bicyclic) bond motifs is 1. The lowest BCUT2D eigenvalue weighted by atomic mass is 10.2. The summed E-state index contributed by atoms with van der Waals surface area (Å²) in [5.41, 5.74) is 1.83. The number of hydrogen-bond acceptors (Lipinski definition) is 4. The highest BCUT2D eigenvalue weighted by Gasteiger charge is 2.17. The minimum absolute atomic E-state index is 0.00331. The third kappa shape index (κ3) is 3.18. The molecule has 1 atom stereocenters. The minimum Gasteiger partial charge on any atom is -0.421 e. The molecule has 3 aromatic rings. The number of aryl methyl sites for hydroxylation is 1. The molecule has 0 spiro atoms. The number of amides is 1. The Labute approximate surface area is 140 Å². The first-order valence-corrected chi connectivity index (χ1v) is 8.32. The van der Waals surface area contributed by atoms with Crippen molar-refractivity contribution in [1.29, 1.82) is 0 Å². The number of carbonyl (C=O) groups excluding carboxylic acids is 1. The molecule has 1 aromatic carbocycles. The molecule has 3 rings (SSSR count). The predicted octanol–water partition coefficient (Wildman–Crippen LogP) is 3.17. The van der Waals surface area contributed by atoms with Crippen molar-refractivity contribution >= 4 is 16.8 Å². The molecule has 126 valence electrons. The van der Waals surface area contributed by atoms with Gasteiger partial charge in [-0.25, -0.2) is 0 Å². The topological polar surface area (TPSA) is 73.0 Å². The molecule has 6 nitrogen and oxygen atoms in total. The minimum atomic E-state index is -0.00331. The fraction of sp³-hybridized carbons (Fsp3) is 0.389. The zero-order valence-electron chi connectivity index (χ0n) is 14.2. The van der Waals surface area contributed by atoms with Crippen LogP contribution in [0.3, 0.4) is 0 Å². The van der Waals surface area contributed by atoms with Crippen LogP contribution in [0.4, 0.5) is 0 Å². The largest absolute Gasteiger partial charge is 0.421 e. The van der Waals surface area contributed by atoms with Crippen molar-refractivity contribution in [2.24, 2.45) is 0 Å². The van der Waals surface area contributed by atoms with E-state index in [2.05, 4.69) is 22.4 Å². The third-order valence-corrected chi connectivity index (χ3v) is 4.12. The summed E-state index contributed by atoms with van der Waals surface area (Å²) in [4.78, 5) is 12.2. The van der Waals surface area contributed by atoms with Crippen molar-refractivity contribution in [3.8, 4) is 11.5 Å². The molecule has 2 heterocycles. The van der Waals surface area contributed by atoms with Gasteiger partial charge in [-0.2, -0.15) is 0 Å². The highest BCUT2D eigenvalue weighted by molar-refractivity contribution is 5.94. The van der Waals surface area contributed by atoms with Crippen LogP contribution in [0.25, 0.3) is 22.4 Å². The zero-order chi connectivity index (χ0) is 17.1. The van der Waals surface area contributed by atoms with Crippen molar-refractivity contribution in [3.63, 3.8) is 0 Å². The van der Waals surface area contributed by atoms with E-state index in [4.69, 9.17) is 4.42 Å². The number of hydrogen-bond donors (Lipinski definition) is 1. The zero-order valence-corrected chi connectivity index (χ0v) is 14.2. The van der Waals surface area contributed by atoms with Crippen LogP contribution in [-0.4, -0.2) is 26.7 Å². The van der Waals surface area contributed by atoms with Crippen LogP contribution >= 0.6 is 0 Å². The molecule has 0 aliphatic carbocycles. The molecule has 2 aromatic heterocycles. The second kappa shape index (κ2) is 6.86. The van der Waals surface area contributed by atoms with Crippen LogP contribution < -0.4 is 5.32 Å². The Balaban J connectivity index is 1.96. The van der Waals surface area contributed by atoms with E-state index in [-0.39, 0.29) is 18.5 Å². The number of aromatic nitrogens is 3. The van der Waals surface area contributed by atoms with Crippen LogP contribution in [0.2, 0.25) is 0 Å². The lowest BCUT2D eigenvalue weighted by Gasteiger charge is -2.12. The molecule has 0 aliphatic rings. The van der Waals surface area contributed by atoms with Gasteiger partial charge in [0.2, 0.25) is 17.7 Å². The predicted molar refractivity (Wildman–Crippen MR) is 92.5 cm³/mol. The first-order valence-electron chi connectivity index (χ1n) is 8.32. The summed E-state index contributed by atoms with van der Waals surface area (Å²) < 4.78 is 7.62. The Kier molecular flexibility index (Phi) is 4.64. The molecule has 0 aliphatic heterocycles. The van der Waals surface area contributed by atoms with Gasteiger partial charge >= 0.3 is 0 Å². The van der Waals surface area contributed by atoms with Gasteiger partial charge in [0.25, 0.3) is 0 Å². The molecular formula is C18H22N4O2. The second-order valence-corrected chi connectivity index (χ2v) is 5.92. The van der Waals surface area contributed by atoms with E-state index in [1.807, 2.05) is 48.9 Å². The van der Waals surface area contributed by atoms with Crippen molar-refractivity contribution < 1.29 is 9.21 Å². The van der Waals surface area contributed by atoms with E-state index in [1.54, 1.807) is 0 Å². The van der Waals surface area contributed by atoms with Crippen molar-refractivity contribution in [2.75, 3.05) is 0 Å². The molecule has 0 radical (unpaired) electrons. The van der Waals surface area contributed by atoms with Gasteiger partial charge in [0.15, 0.2) is 0 Å². The molecule has 1 amide bonds. The Hall–Kier alpha value is -2.63. The van der Waals surface area contributed by atoms with E-state index < -0.39 is 0 Å². The lowest BCUT2D eigenvalue weighted by molar-refractivity contribution is -0.122. The fourth-order valence-corrected chi connectivity index (χ4v) is 2.63. The number of carbonyl (C=O) groups is 1. The van der Waals surface area contributed by atoms with Gasteiger partial charge < -0.3 is 14.3 Å². The standard InChI is InChI=1S/C18H22N4O2/c1-4-12(3)19-16(23)11-22-10-14(13-8-6-7-9-15(13)22)18-21-20-17(5-2)24-18/h6-10,12H,4-5,11H2,1-3H3,(H,19,23)/t12-/m1/s1. The molecule has 0 saturated heterocycles. The summed E-state index contributed by atoms with van der Waals surface area (Å²) in [6, 6.07) is 8.09. The van der Waals surface area contributed by atoms with E-state index in [0.717, 1.165) is 22.9 Å².